The van der Waals surface area contributed by atoms with Gasteiger partial charge in [-0.15, -0.1) is 0 Å². The summed E-state index contributed by atoms with van der Waals surface area (Å²) in [5.74, 6) is 1.03. The van der Waals surface area contributed by atoms with Crippen molar-refractivity contribution >= 4 is 21.9 Å². The van der Waals surface area contributed by atoms with Crippen molar-refractivity contribution in [2.24, 2.45) is 10.9 Å². The van der Waals surface area contributed by atoms with E-state index in [9.17, 15) is 13.2 Å². The van der Waals surface area contributed by atoms with Gasteiger partial charge in [0.15, 0.2) is 5.96 Å². The van der Waals surface area contributed by atoms with Crippen molar-refractivity contribution in [3.63, 3.8) is 0 Å². The zero-order chi connectivity index (χ0) is 16.4. The number of aliphatic imine (C=N–C) groups is 1. The van der Waals surface area contributed by atoms with Gasteiger partial charge in [-0.05, 0) is 26.2 Å². The van der Waals surface area contributed by atoms with E-state index in [1.807, 2.05) is 6.92 Å². The summed E-state index contributed by atoms with van der Waals surface area (Å²) in [6.07, 6.45) is 3.77. The first-order valence-corrected chi connectivity index (χ1v) is 9.56. The summed E-state index contributed by atoms with van der Waals surface area (Å²) >= 11 is 0. The number of nitrogens with one attached hydrogen (secondary N) is 4. The third-order valence-corrected chi connectivity index (χ3v) is 3.71. The Morgan fingerprint density at radius 2 is 1.82 bits per heavy atom. The van der Waals surface area contributed by atoms with Crippen LogP contribution >= 0.6 is 0 Å². The maximum Gasteiger partial charge on any atom is 0.223 e. The largest absolute Gasteiger partial charge is 0.357 e. The molecule has 0 aromatic carbocycles. The molecule has 1 aliphatic carbocycles. The van der Waals surface area contributed by atoms with Crippen LogP contribution in [0.5, 0.6) is 0 Å². The Bertz CT molecular complexity index is 474. The normalized spacial score (nSPS) is 15.5. The molecule has 1 rings (SSSR count). The zero-order valence-corrected chi connectivity index (χ0v) is 14.1. The number of nitrogens with zero attached hydrogens (tertiary/aromatic N) is 1. The molecule has 128 valence electrons. The third kappa shape index (κ3) is 9.56. The van der Waals surface area contributed by atoms with Crippen molar-refractivity contribution < 1.29 is 13.2 Å². The van der Waals surface area contributed by atoms with Gasteiger partial charge in [-0.3, -0.25) is 9.79 Å². The lowest BCUT2D eigenvalue weighted by Crippen LogP contribution is -2.41. The number of hydrogen-bond acceptors (Lipinski definition) is 4. The molecule has 1 aliphatic rings. The minimum atomic E-state index is -3.13. The number of guanidine groups is 1. The first-order chi connectivity index (χ1) is 10.4. The Hall–Kier alpha value is -1.35. The van der Waals surface area contributed by atoms with Crippen molar-refractivity contribution in [1.29, 1.82) is 0 Å². The summed E-state index contributed by atoms with van der Waals surface area (Å²) in [5, 5.41) is 9.10. The summed E-state index contributed by atoms with van der Waals surface area (Å²) < 4.78 is 24.2. The van der Waals surface area contributed by atoms with E-state index < -0.39 is 10.0 Å². The molecule has 0 spiro atoms. The summed E-state index contributed by atoms with van der Waals surface area (Å²) in [5.41, 5.74) is 0. The minimum absolute atomic E-state index is 0.135. The molecule has 0 atom stereocenters. The van der Waals surface area contributed by atoms with Gasteiger partial charge in [0.25, 0.3) is 0 Å². The summed E-state index contributed by atoms with van der Waals surface area (Å²) in [4.78, 5) is 15.8. The molecule has 1 amide bonds. The van der Waals surface area contributed by atoms with Crippen LogP contribution in [0.4, 0.5) is 0 Å². The van der Waals surface area contributed by atoms with Crippen LogP contribution in [0.1, 0.15) is 26.2 Å². The molecule has 0 bridgehead atoms. The summed E-state index contributed by atoms with van der Waals surface area (Å²) in [6, 6.07) is 0. The van der Waals surface area contributed by atoms with Crippen LogP contribution in [0, 0.1) is 5.92 Å². The van der Waals surface area contributed by atoms with E-state index in [0.717, 1.165) is 25.6 Å². The topological polar surface area (TPSA) is 112 Å². The van der Waals surface area contributed by atoms with Crippen LogP contribution in [-0.4, -0.2) is 59.3 Å². The predicted molar refractivity (Wildman–Crippen MR) is 87.2 cm³/mol. The fraction of sp³-hybridized carbons (Fsp3) is 0.846. The van der Waals surface area contributed by atoms with Crippen LogP contribution < -0.4 is 20.7 Å². The van der Waals surface area contributed by atoms with E-state index in [-0.39, 0.29) is 11.8 Å². The highest BCUT2D eigenvalue weighted by atomic mass is 32.2. The van der Waals surface area contributed by atoms with Crippen LogP contribution in [0.3, 0.4) is 0 Å². The number of rotatable bonds is 10. The van der Waals surface area contributed by atoms with Crippen LogP contribution in [0.25, 0.3) is 0 Å². The summed E-state index contributed by atoms with van der Waals surface area (Å²) in [7, 11) is -3.13. The minimum Gasteiger partial charge on any atom is -0.357 e. The Morgan fingerprint density at radius 1 is 1.14 bits per heavy atom. The maximum absolute atomic E-state index is 11.5. The lowest BCUT2D eigenvalue weighted by atomic mass is 10.4. The van der Waals surface area contributed by atoms with Crippen molar-refractivity contribution in [2.45, 2.75) is 26.2 Å². The lowest BCUT2D eigenvalue weighted by Gasteiger charge is -2.11. The highest BCUT2D eigenvalue weighted by molar-refractivity contribution is 7.88. The molecule has 8 nitrogen and oxygen atoms in total. The Morgan fingerprint density at radius 3 is 2.41 bits per heavy atom. The molecule has 1 fully saturated rings. The number of carbonyl (C=O) groups is 1. The van der Waals surface area contributed by atoms with E-state index in [0.29, 0.717) is 38.6 Å². The first kappa shape index (κ1) is 18.7. The predicted octanol–water partition coefficient (Wildman–Crippen LogP) is -0.993. The fourth-order valence-electron chi connectivity index (χ4n) is 1.73. The molecule has 0 aromatic rings. The SMILES string of the molecule is CCNC(=NCCCNS(C)(=O)=O)NCCNC(=O)C1CC1. The zero-order valence-electron chi connectivity index (χ0n) is 13.3. The van der Waals surface area contributed by atoms with Gasteiger partial charge in [-0.25, -0.2) is 13.1 Å². The van der Waals surface area contributed by atoms with Crippen molar-refractivity contribution in [3.8, 4) is 0 Å². The van der Waals surface area contributed by atoms with Gasteiger partial charge < -0.3 is 16.0 Å². The molecule has 22 heavy (non-hydrogen) atoms. The van der Waals surface area contributed by atoms with E-state index in [2.05, 4.69) is 25.7 Å². The van der Waals surface area contributed by atoms with Gasteiger partial charge in [-0.2, -0.15) is 0 Å². The summed E-state index contributed by atoms with van der Waals surface area (Å²) in [6.45, 7) is 4.77. The van der Waals surface area contributed by atoms with Gasteiger partial charge >= 0.3 is 0 Å². The fourth-order valence-corrected chi connectivity index (χ4v) is 2.24. The van der Waals surface area contributed by atoms with Crippen LogP contribution in [0.15, 0.2) is 4.99 Å². The van der Waals surface area contributed by atoms with Gasteiger partial charge in [0, 0.05) is 38.6 Å². The molecule has 0 aromatic heterocycles. The highest BCUT2D eigenvalue weighted by Crippen LogP contribution is 2.28. The molecule has 0 saturated heterocycles. The molecule has 4 N–H and O–H groups in total. The smallest absolute Gasteiger partial charge is 0.223 e. The number of sulfonamides is 1. The highest BCUT2D eigenvalue weighted by Gasteiger charge is 2.28. The van der Waals surface area contributed by atoms with Crippen molar-refractivity contribution in [2.75, 3.05) is 39.0 Å². The second-order valence-corrected chi connectivity index (χ2v) is 7.11. The molecule has 9 heteroatoms. The standard InChI is InChI=1S/C13H27N5O3S/c1-3-14-13(16-7-4-8-18-22(2,20)21)17-10-9-15-12(19)11-5-6-11/h11,18H,3-10H2,1-2H3,(H,15,19)(H2,14,16,17). The van der Waals surface area contributed by atoms with Crippen molar-refractivity contribution in [1.82, 2.24) is 20.7 Å². The Balaban J connectivity index is 2.15. The number of amides is 1. The molecular formula is C13H27N5O3S. The van der Waals surface area contributed by atoms with Gasteiger partial charge in [-0.1, -0.05) is 0 Å². The average Bonchev–Trinajstić information content (AvgIpc) is 3.26. The van der Waals surface area contributed by atoms with Crippen LogP contribution in [-0.2, 0) is 14.8 Å². The van der Waals surface area contributed by atoms with Gasteiger partial charge in [0.2, 0.25) is 15.9 Å². The van der Waals surface area contributed by atoms with E-state index in [4.69, 9.17) is 0 Å². The van der Waals surface area contributed by atoms with Gasteiger partial charge in [0.05, 0.1) is 6.26 Å². The van der Waals surface area contributed by atoms with E-state index in [1.165, 1.54) is 0 Å². The quantitative estimate of drug-likeness (QED) is 0.233. The molecule has 1 saturated carbocycles. The molecule has 0 unspecified atom stereocenters. The van der Waals surface area contributed by atoms with E-state index >= 15 is 0 Å². The number of carbonyl (C=O) groups excluding carboxylic acids is 1. The number of hydrogen-bond donors (Lipinski definition) is 4. The van der Waals surface area contributed by atoms with E-state index in [1.54, 1.807) is 0 Å². The maximum atomic E-state index is 11.5. The second-order valence-electron chi connectivity index (χ2n) is 5.27. The molecule has 0 radical (unpaired) electrons. The first-order valence-electron chi connectivity index (χ1n) is 7.67. The average molecular weight is 333 g/mol. The molecule has 0 aliphatic heterocycles. The third-order valence-electron chi connectivity index (χ3n) is 2.98. The van der Waals surface area contributed by atoms with Crippen molar-refractivity contribution in [3.05, 3.63) is 0 Å². The Labute approximate surface area is 132 Å². The molecular weight excluding hydrogens is 306 g/mol. The Kier molecular flexibility index (Phi) is 8.18. The molecule has 0 heterocycles. The van der Waals surface area contributed by atoms with Crippen LogP contribution in [0.2, 0.25) is 0 Å². The second kappa shape index (κ2) is 9.62. The van der Waals surface area contributed by atoms with Gasteiger partial charge in [0.1, 0.15) is 0 Å². The monoisotopic (exact) mass is 333 g/mol. The lowest BCUT2D eigenvalue weighted by molar-refractivity contribution is -0.122.